The van der Waals surface area contributed by atoms with Crippen molar-refractivity contribution in [2.45, 2.75) is 53.5 Å². The van der Waals surface area contributed by atoms with Crippen molar-refractivity contribution in [1.82, 2.24) is 10.2 Å². The Morgan fingerprint density at radius 1 is 1.41 bits per heavy atom. The van der Waals surface area contributed by atoms with Crippen LogP contribution in [-0.4, -0.2) is 36.5 Å². The topological polar surface area (TPSA) is 32.3 Å². The van der Waals surface area contributed by atoms with Crippen LogP contribution in [0.5, 0.6) is 0 Å². The van der Waals surface area contributed by atoms with Crippen molar-refractivity contribution in [1.29, 1.82) is 0 Å². The van der Waals surface area contributed by atoms with E-state index in [1.807, 2.05) is 25.7 Å². The van der Waals surface area contributed by atoms with Gasteiger partial charge in [0.1, 0.15) is 0 Å². The number of hydrogen-bond acceptors (Lipinski definition) is 2. The van der Waals surface area contributed by atoms with Crippen LogP contribution in [0, 0.1) is 11.3 Å². The van der Waals surface area contributed by atoms with E-state index in [0.29, 0.717) is 12.0 Å². The fourth-order valence-electron chi connectivity index (χ4n) is 2.33. The molecule has 1 amide bonds. The maximum atomic E-state index is 12.4. The Hall–Kier alpha value is -0.570. The molecular weight excluding hydrogens is 212 g/mol. The van der Waals surface area contributed by atoms with Crippen molar-refractivity contribution in [3.63, 3.8) is 0 Å². The Morgan fingerprint density at radius 3 is 2.47 bits per heavy atom. The van der Waals surface area contributed by atoms with Gasteiger partial charge in [-0.25, -0.2) is 0 Å². The van der Waals surface area contributed by atoms with Crippen molar-refractivity contribution in [3.8, 4) is 0 Å². The number of carbonyl (C=O) groups excluding carboxylic acids is 1. The van der Waals surface area contributed by atoms with Gasteiger partial charge in [0.15, 0.2) is 0 Å². The van der Waals surface area contributed by atoms with Crippen LogP contribution in [0.25, 0.3) is 0 Å². The lowest BCUT2D eigenvalue weighted by Crippen LogP contribution is -2.47. The summed E-state index contributed by atoms with van der Waals surface area (Å²) in [5, 5.41) is 3.47. The minimum Gasteiger partial charge on any atom is -0.340 e. The van der Waals surface area contributed by atoms with Gasteiger partial charge in [-0.2, -0.15) is 0 Å². The van der Waals surface area contributed by atoms with Gasteiger partial charge in [-0.15, -0.1) is 0 Å². The Bertz CT molecular complexity index is 249. The van der Waals surface area contributed by atoms with E-state index in [9.17, 15) is 4.79 Å². The van der Waals surface area contributed by atoms with Crippen molar-refractivity contribution in [3.05, 3.63) is 0 Å². The molecule has 0 bridgehead atoms. The van der Waals surface area contributed by atoms with E-state index in [1.54, 1.807) is 0 Å². The van der Waals surface area contributed by atoms with Gasteiger partial charge < -0.3 is 10.2 Å². The number of nitrogens with zero attached hydrogens (tertiary/aromatic N) is 1. The highest BCUT2D eigenvalue weighted by molar-refractivity contribution is 5.81. The van der Waals surface area contributed by atoms with Crippen molar-refractivity contribution in [2.24, 2.45) is 11.3 Å². The molecule has 17 heavy (non-hydrogen) atoms. The van der Waals surface area contributed by atoms with Crippen LogP contribution < -0.4 is 5.32 Å². The Kier molecular flexibility index (Phi) is 4.99. The van der Waals surface area contributed by atoms with E-state index in [2.05, 4.69) is 19.2 Å². The summed E-state index contributed by atoms with van der Waals surface area (Å²) in [4.78, 5) is 14.4. The molecule has 0 aromatic carbocycles. The minimum absolute atomic E-state index is 0.270. The molecule has 1 rings (SSSR count). The average molecular weight is 240 g/mol. The molecular formula is C14H28N2O. The fraction of sp³-hybridized carbons (Fsp3) is 0.929. The van der Waals surface area contributed by atoms with Crippen LogP contribution in [-0.2, 0) is 4.79 Å². The largest absolute Gasteiger partial charge is 0.340 e. The number of nitrogens with one attached hydrogen (secondary N) is 1. The lowest BCUT2D eigenvalue weighted by Gasteiger charge is -2.32. The maximum absolute atomic E-state index is 12.4. The van der Waals surface area contributed by atoms with Gasteiger partial charge >= 0.3 is 0 Å². The second-order valence-corrected chi connectivity index (χ2v) is 6.65. The standard InChI is InChI=1S/C14H28N2O/c1-11(2)9-16(13(17)14(3,4)5)10-12-7-6-8-15-12/h11-12,15H,6-10H2,1-5H3. The first-order valence-electron chi connectivity index (χ1n) is 6.83. The van der Waals surface area contributed by atoms with Crippen LogP contribution in [0.2, 0.25) is 0 Å². The van der Waals surface area contributed by atoms with E-state index in [1.165, 1.54) is 12.8 Å². The summed E-state index contributed by atoms with van der Waals surface area (Å²) in [6.45, 7) is 13.2. The zero-order valence-corrected chi connectivity index (χ0v) is 12.0. The SMILES string of the molecule is CC(C)CN(CC1CCCN1)C(=O)C(C)(C)C. The van der Waals surface area contributed by atoms with Crippen molar-refractivity contribution in [2.75, 3.05) is 19.6 Å². The molecule has 1 fully saturated rings. The molecule has 3 nitrogen and oxygen atoms in total. The van der Waals surface area contributed by atoms with E-state index in [4.69, 9.17) is 0 Å². The van der Waals surface area contributed by atoms with Crippen LogP contribution in [0.4, 0.5) is 0 Å². The molecule has 3 heteroatoms. The molecule has 0 radical (unpaired) electrons. The van der Waals surface area contributed by atoms with Gasteiger partial charge in [-0.05, 0) is 25.3 Å². The highest BCUT2D eigenvalue weighted by atomic mass is 16.2. The molecule has 1 heterocycles. The molecule has 0 aromatic heterocycles. The predicted molar refractivity (Wildman–Crippen MR) is 71.9 cm³/mol. The van der Waals surface area contributed by atoms with Crippen molar-refractivity contribution < 1.29 is 4.79 Å². The smallest absolute Gasteiger partial charge is 0.228 e. The van der Waals surface area contributed by atoms with E-state index in [0.717, 1.165) is 19.6 Å². The Morgan fingerprint density at radius 2 is 2.06 bits per heavy atom. The fourth-order valence-corrected chi connectivity index (χ4v) is 2.33. The number of amides is 1. The molecule has 1 atom stereocenters. The zero-order chi connectivity index (χ0) is 13.1. The van der Waals surface area contributed by atoms with Gasteiger partial charge in [0, 0.05) is 24.5 Å². The average Bonchev–Trinajstić information content (AvgIpc) is 2.66. The zero-order valence-electron chi connectivity index (χ0n) is 12.0. The molecule has 1 aliphatic rings. The summed E-state index contributed by atoms with van der Waals surface area (Å²) in [6, 6.07) is 0.500. The van der Waals surface area contributed by atoms with E-state index in [-0.39, 0.29) is 11.3 Å². The molecule has 0 aliphatic carbocycles. The quantitative estimate of drug-likeness (QED) is 0.817. The molecule has 0 spiro atoms. The summed E-state index contributed by atoms with van der Waals surface area (Å²) >= 11 is 0. The third kappa shape index (κ3) is 4.66. The van der Waals surface area contributed by atoms with Crippen LogP contribution >= 0.6 is 0 Å². The normalized spacial score (nSPS) is 20.9. The summed E-state index contributed by atoms with van der Waals surface area (Å²) < 4.78 is 0. The highest BCUT2D eigenvalue weighted by Gasteiger charge is 2.29. The van der Waals surface area contributed by atoms with E-state index >= 15 is 0 Å². The lowest BCUT2D eigenvalue weighted by molar-refractivity contribution is -0.140. The molecule has 1 unspecified atom stereocenters. The first kappa shape index (κ1) is 14.5. The van der Waals surface area contributed by atoms with E-state index < -0.39 is 0 Å². The van der Waals surface area contributed by atoms with Crippen LogP contribution in [0.1, 0.15) is 47.5 Å². The highest BCUT2D eigenvalue weighted by Crippen LogP contribution is 2.19. The van der Waals surface area contributed by atoms with Gasteiger partial charge in [-0.1, -0.05) is 34.6 Å². The summed E-state index contributed by atoms with van der Waals surface area (Å²) in [7, 11) is 0. The van der Waals surface area contributed by atoms with Crippen LogP contribution in [0.15, 0.2) is 0 Å². The summed E-state index contributed by atoms with van der Waals surface area (Å²) in [5.74, 6) is 0.808. The molecule has 100 valence electrons. The van der Waals surface area contributed by atoms with Gasteiger partial charge in [0.2, 0.25) is 5.91 Å². The molecule has 1 saturated heterocycles. The molecule has 1 N–H and O–H groups in total. The second-order valence-electron chi connectivity index (χ2n) is 6.65. The third-order valence-corrected chi connectivity index (χ3v) is 3.12. The van der Waals surface area contributed by atoms with Crippen molar-refractivity contribution >= 4 is 5.91 Å². The summed E-state index contributed by atoms with van der Waals surface area (Å²) in [5.41, 5.74) is -0.270. The van der Waals surface area contributed by atoms with Gasteiger partial charge in [0.05, 0.1) is 0 Å². The number of carbonyl (C=O) groups is 1. The molecule has 0 saturated carbocycles. The summed E-state index contributed by atoms with van der Waals surface area (Å²) in [6.07, 6.45) is 2.44. The third-order valence-electron chi connectivity index (χ3n) is 3.12. The predicted octanol–water partition coefficient (Wildman–Crippen LogP) is 2.27. The lowest BCUT2D eigenvalue weighted by atomic mass is 9.94. The molecule has 0 aromatic rings. The first-order valence-corrected chi connectivity index (χ1v) is 6.83. The molecule has 1 aliphatic heterocycles. The number of hydrogen-bond donors (Lipinski definition) is 1. The maximum Gasteiger partial charge on any atom is 0.228 e. The van der Waals surface area contributed by atoms with Gasteiger partial charge in [0.25, 0.3) is 0 Å². The Labute approximate surface area is 106 Å². The number of rotatable bonds is 4. The van der Waals surface area contributed by atoms with Gasteiger partial charge in [-0.3, -0.25) is 4.79 Å². The second kappa shape index (κ2) is 5.85. The first-order chi connectivity index (χ1) is 7.80. The minimum atomic E-state index is -0.270. The van der Waals surface area contributed by atoms with Crippen LogP contribution in [0.3, 0.4) is 0 Å². The Balaban J connectivity index is 2.62. The monoisotopic (exact) mass is 240 g/mol.